The average Bonchev–Trinajstić information content (AvgIpc) is 2.52. The summed E-state index contributed by atoms with van der Waals surface area (Å²) in [7, 11) is 6.52. The quantitative estimate of drug-likeness (QED) is 0.642. The molecule has 0 N–H and O–H groups in total. The molecule has 0 saturated heterocycles. The Labute approximate surface area is 131 Å². The molecule has 0 radical (unpaired) electrons. The van der Waals surface area contributed by atoms with E-state index in [9.17, 15) is 0 Å². The zero-order chi connectivity index (χ0) is 15.6. The van der Waals surface area contributed by atoms with Gasteiger partial charge in [0.25, 0.3) is 0 Å². The number of pyridine rings is 1. The van der Waals surface area contributed by atoms with Crippen LogP contribution in [0.4, 0.5) is 5.69 Å². The van der Waals surface area contributed by atoms with Crippen molar-refractivity contribution < 1.29 is 0 Å². The highest BCUT2D eigenvalue weighted by Gasteiger charge is 2.10. The normalized spacial score (nSPS) is 12.1. The molecule has 0 spiro atoms. The van der Waals surface area contributed by atoms with Crippen molar-refractivity contribution in [3.63, 3.8) is 0 Å². The lowest BCUT2D eigenvalue weighted by atomic mass is 10.1. The van der Waals surface area contributed by atoms with Gasteiger partial charge < -0.3 is 0 Å². The molecule has 0 amide bonds. The molecule has 22 heavy (non-hydrogen) atoms. The van der Waals surface area contributed by atoms with Crippen molar-refractivity contribution in [2.45, 2.75) is 0 Å². The molecule has 1 aromatic heterocycles. The zero-order valence-corrected chi connectivity index (χ0v) is 13.3. The standard InChI is InChI=1S/C20H21N2/c1-22(2,3)18-12-9-16(10-13-18)8-11-17-14-15-21-20-7-5-4-6-19(17)20/h4-15H,1-3H3/q+1/b11-8+. The molecule has 0 bridgehead atoms. The van der Waals surface area contributed by atoms with Gasteiger partial charge in [-0.1, -0.05) is 30.4 Å². The van der Waals surface area contributed by atoms with E-state index < -0.39 is 0 Å². The zero-order valence-electron chi connectivity index (χ0n) is 13.3. The number of aromatic nitrogens is 1. The molecule has 2 heteroatoms. The van der Waals surface area contributed by atoms with Crippen molar-refractivity contribution in [1.29, 1.82) is 0 Å². The van der Waals surface area contributed by atoms with Crippen LogP contribution in [0.3, 0.4) is 0 Å². The lowest BCUT2D eigenvalue weighted by molar-refractivity contribution is 0.486. The fourth-order valence-corrected chi connectivity index (χ4v) is 2.48. The second-order valence-corrected chi connectivity index (χ2v) is 6.35. The van der Waals surface area contributed by atoms with Crippen molar-refractivity contribution in [3.05, 3.63) is 71.9 Å². The van der Waals surface area contributed by atoms with E-state index in [0.717, 1.165) is 10.00 Å². The first-order valence-corrected chi connectivity index (χ1v) is 7.48. The van der Waals surface area contributed by atoms with Crippen molar-refractivity contribution in [2.24, 2.45) is 0 Å². The van der Waals surface area contributed by atoms with Gasteiger partial charge in [0.15, 0.2) is 0 Å². The number of hydrogen-bond donors (Lipinski definition) is 0. The lowest BCUT2D eigenvalue weighted by Gasteiger charge is -2.23. The third-order valence-electron chi connectivity index (χ3n) is 3.81. The van der Waals surface area contributed by atoms with Crippen molar-refractivity contribution in [1.82, 2.24) is 9.47 Å². The second-order valence-electron chi connectivity index (χ2n) is 6.35. The van der Waals surface area contributed by atoms with E-state index in [4.69, 9.17) is 0 Å². The highest BCUT2D eigenvalue weighted by Crippen LogP contribution is 2.21. The van der Waals surface area contributed by atoms with E-state index in [2.05, 4.69) is 80.7 Å². The van der Waals surface area contributed by atoms with Crippen LogP contribution in [0, 0.1) is 0 Å². The number of para-hydroxylation sites is 1. The van der Waals surface area contributed by atoms with E-state index in [1.807, 2.05) is 18.3 Å². The Balaban J connectivity index is 1.90. The Morgan fingerprint density at radius 1 is 0.818 bits per heavy atom. The topological polar surface area (TPSA) is 12.9 Å². The Bertz CT molecular complexity index is 804. The van der Waals surface area contributed by atoms with Gasteiger partial charge in [0, 0.05) is 11.6 Å². The first kappa shape index (κ1) is 14.5. The summed E-state index contributed by atoms with van der Waals surface area (Å²) in [4.78, 5) is 4.40. The number of rotatable bonds is 3. The molecule has 110 valence electrons. The van der Waals surface area contributed by atoms with Crippen LogP contribution >= 0.6 is 0 Å². The smallest absolute Gasteiger partial charge is 0.132 e. The minimum atomic E-state index is 0.832. The Hall–Kier alpha value is -2.45. The van der Waals surface area contributed by atoms with Crippen LogP contribution in [0.25, 0.3) is 23.1 Å². The summed E-state index contributed by atoms with van der Waals surface area (Å²) in [5, 5.41) is 1.18. The average molecular weight is 289 g/mol. The third-order valence-corrected chi connectivity index (χ3v) is 3.81. The van der Waals surface area contributed by atoms with Gasteiger partial charge in [0.1, 0.15) is 5.69 Å². The summed E-state index contributed by atoms with van der Waals surface area (Å²) in [6.07, 6.45) is 6.17. The van der Waals surface area contributed by atoms with Crippen LogP contribution in [-0.4, -0.2) is 26.1 Å². The van der Waals surface area contributed by atoms with Crippen molar-refractivity contribution >= 4 is 28.7 Å². The number of benzene rings is 2. The number of quaternary nitrogens is 1. The van der Waals surface area contributed by atoms with Crippen LogP contribution < -0.4 is 4.48 Å². The lowest BCUT2D eigenvalue weighted by Crippen LogP contribution is -2.34. The van der Waals surface area contributed by atoms with E-state index >= 15 is 0 Å². The molecule has 3 rings (SSSR count). The second kappa shape index (κ2) is 5.74. The molecule has 0 aliphatic rings. The Kier molecular flexibility index (Phi) is 3.78. The van der Waals surface area contributed by atoms with Crippen LogP contribution in [0.15, 0.2) is 60.8 Å². The molecular weight excluding hydrogens is 268 g/mol. The fourth-order valence-electron chi connectivity index (χ4n) is 2.48. The molecule has 0 unspecified atom stereocenters. The monoisotopic (exact) mass is 289 g/mol. The summed E-state index contributed by atoms with van der Waals surface area (Å²) in [6.45, 7) is 0. The Morgan fingerprint density at radius 3 is 2.27 bits per heavy atom. The maximum atomic E-state index is 4.40. The summed E-state index contributed by atoms with van der Waals surface area (Å²) in [5.41, 5.74) is 4.73. The van der Waals surface area contributed by atoms with Crippen LogP contribution in [0.5, 0.6) is 0 Å². The van der Waals surface area contributed by atoms with Gasteiger partial charge >= 0.3 is 0 Å². The summed E-state index contributed by atoms with van der Waals surface area (Å²) in [5.74, 6) is 0. The van der Waals surface area contributed by atoms with Gasteiger partial charge in [0.2, 0.25) is 0 Å². The number of hydrogen-bond acceptors (Lipinski definition) is 1. The molecular formula is C20H21N2+. The van der Waals surface area contributed by atoms with E-state index in [1.54, 1.807) is 0 Å². The predicted molar refractivity (Wildman–Crippen MR) is 96.7 cm³/mol. The molecule has 0 fully saturated rings. The van der Waals surface area contributed by atoms with Crippen molar-refractivity contribution in [2.75, 3.05) is 21.1 Å². The number of fused-ring (bicyclic) bond motifs is 1. The molecule has 0 aliphatic carbocycles. The third kappa shape index (κ3) is 3.07. The maximum absolute atomic E-state index is 4.40. The summed E-state index contributed by atoms with van der Waals surface area (Å²) >= 11 is 0. The van der Waals surface area contributed by atoms with Gasteiger partial charge in [-0.3, -0.25) is 9.47 Å². The van der Waals surface area contributed by atoms with Gasteiger partial charge in [0.05, 0.1) is 26.7 Å². The SMILES string of the molecule is C[N+](C)(C)c1ccc(/C=C/c2ccnc3ccccc23)cc1. The highest BCUT2D eigenvalue weighted by molar-refractivity contribution is 5.90. The van der Waals surface area contributed by atoms with Gasteiger partial charge in [-0.25, -0.2) is 0 Å². The molecule has 2 aromatic carbocycles. The molecule has 0 saturated carbocycles. The highest BCUT2D eigenvalue weighted by atomic mass is 15.3. The Morgan fingerprint density at radius 2 is 1.55 bits per heavy atom. The predicted octanol–water partition coefficient (Wildman–Crippen LogP) is 4.60. The molecule has 0 aliphatic heterocycles. The molecule has 2 nitrogen and oxygen atoms in total. The minimum Gasteiger partial charge on any atom is -0.298 e. The minimum absolute atomic E-state index is 0.832. The first-order valence-electron chi connectivity index (χ1n) is 7.48. The molecule has 0 atom stereocenters. The van der Waals surface area contributed by atoms with Crippen LogP contribution in [-0.2, 0) is 0 Å². The maximum Gasteiger partial charge on any atom is 0.132 e. The van der Waals surface area contributed by atoms with Gasteiger partial charge in [-0.15, -0.1) is 0 Å². The summed E-state index contributed by atoms with van der Waals surface area (Å²) < 4.78 is 0.832. The largest absolute Gasteiger partial charge is 0.298 e. The van der Waals surface area contributed by atoms with E-state index in [-0.39, 0.29) is 0 Å². The van der Waals surface area contributed by atoms with E-state index in [0.29, 0.717) is 0 Å². The van der Waals surface area contributed by atoms with Crippen LogP contribution in [0.2, 0.25) is 0 Å². The van der Waals surface area contributed by atoms with E-state index in [1.165, 1.54) is 22.2 Å². The summed E-state index contributed by atoms with van der Waals surface area (Å²) in [6, 6.07) is 19.0. The van der Waals surface area contributed by atoms with Crippen molar-refractivity contribution in [3.8, 4) is 0 Å². The first-order chi connectivity index (χ1) is 10.5. The molecule has 1 heterocycles. The van der Waals surface area contributed by atoms with Gasteiger partial charge in [-0.2, -0.15) is 0 Å². The van der Waals surface area contributed by atoms with Gasteiger partial charge in [-0.05, 0) is 47.5 Å². The number of nitrogens with zero attached hydrogens (tertiary/aromatic N) is 2. The fraction of sp³-hybridized carbons (Fsp3) is 0.150. The van der Waals surface area contributed by atoms with Crippen LogP contribution in [0.1, 0.15) is 11.1 Å². The molecule has 3 aromatic rings.